The molecule has 2 atom stereocenters. The van der Waals surface area contributed by atoms with Gasteiger partial charge in [-0.1, -0.05) is 64.8 Å². The molecule has 253 valence electrons. The van der Waals surface area contributed by atoms with E-state index < -0.39 is 0 Å². The number of halogens is 1. The quantitative estimate of drug-likeness (QED) is 0.220. The second kappa shape index (κ2) is 24.5. The van der Waals surface area contributed by atoms with Crippen molar-refractivity contribution in [3.8, 4) is 5.75 Å². The van der Waals surface area contributed by atoms with Crippen molar-refractivity contribution in [3.05, 3.63) is 106 Å². The van der Waals surface area contributed by atoms with E-state index in [0.29, 0.717) is 12.0 Å². The first-order chi connectivity index (χ1) is 22.0. The van der Waals surface area contributed by atoms with Crippen LogP contribution in [0.5, 0.6) is 5.75 Å². The molecule has 1 aliphatic carbocycles. The van der Waals surface area contributed by atoms with Gasteiger partial charge in [-0.3, -0.25) is 4.90 Å². The molecule has 4 rings (SSSR count). The zero-order chi connectivity index (χ0) is 35.2. The Bertz CT molecular complexity index is 1240. The molecule has 46 heavy (non-hydrogen) atoms. The van der Waals surface area contributed by atoms with Crippen LogP contribution in [0, 0.1) is 19.8 Å². The molecular weight excluding hydrogens is 581 g/mol. The molecule has 2 nitrogen and oxygen atoms in total. The molecule has 0 bridgehead atoms. The minimum absolute atomic E-state index is 0.347. The van der Waals surface area contributed by atoms with Gasteiger partial charge in [-0.2, -0.15) is 0 Å². The van der Waals surface area contributed by atoms with Crippen molar-refractivity contribution < 1.29 is 4.74 Å². The first-order valence-corrected chi connectivity index (χ1v) is 18.0. The van der Waals surface area contributed by atoms with E-state index >= 15 is 0 Å². The van der Waals surface area contributed by atoms with Gasteiger partial charge in [-0.15, -0.1) is 6.58 Å². The maximum atomic E-state index is 6.43. The SMILES string of the molecule is C=C(C)CC.CC.CC.CCN1CCC[C@@H]1COc1ccc(C)cc1.[B]=C1CC(C)C(=C)/C(=C\CC)C=C1c1c(C)cccc1Cl. The molecule has 1 saturated heterocycles. The molecule has 1 fully saturated rings. The zero-order valence-electron chi connectivity index (χ0n) is 31.2. The molecule has 0 aromatic heterocycles. The van der Waals surface area contributed by atoms with Crippen LogP contribution in [0.1, 0.15) is 111 Å². The topological polar surface area (TPSA) is 12.5 Å². The zero-order valence-corrected chi connectivity index (χ0v) is 32.0. The first-order valence-electron chi connectivity index (χ1n) is 17.6. The molecule has 1 aliphatic heterocycles. The van der Waals surface area contributed by atoms with Crippen LogP contribution < -0.4 is 4.74 Å². The summed E-state index contributed by atoms with van der Waals surface area (Å²) in [4.78, 5) is 2.51. The third-order valence-electron chi connectivity index (χ3n) is 8.03. The Kier molecular flexibility index (Phi) is 23.1. The van der Waals surface area contributed by atoms with Crippen molar-refractivity contribution in [2.45, 2.75) is 114 Å². The second-order valence-electron chi connectivity index (χ2n) is 11.6. The van der Waals surface area contributed by atoms with Crippen LogP contribution in [-0.4, -0.2) is 43.6 Å². The second-order valence-corrected chi connectivity index (χ2v) is 12.0. The van der Waals surface area contributed by atoms with E-state index in [-0.39, 0.29) is 0 Å². The van der Waals surface area contributed by atoms with Crippen LogP contribution in [0.4, 0.5) is 0 Å². The Morgan fingerprint density at radius 1 is 1.04 bits per heavy atom. The normalized spacial score (nSPS) is 18.2. The van der Waals surface area contributed by atoms with Crippen LogP contribution in [0.25, 0.3) is 5.57 Å². The van der Waals surface area contributed by atoms with Gasteiger partial charge < -0.3 is 4.74 Å². The fourth-order valence-electron chi connectivity index (χ4n) is 5.13. The summed E-state index contributed by atoms with van der Waals surface area (Å²) in [5.41, 5.74) is 8.99. The molecule has 0 amide bonds. The van der Waals surface area contributed by atoms with Crippen molar-refractivity contribution in [2.75, 3.05) is 19.7 Å². The van der Waals surface area contributed by atoms with Crippen LogP contribution >= 0.6 is 11.6 Å². The van der Waals surface area contributed by atoms with E-state index in [1.807, 2.05) is 46.8 Å². The molecule has 2 aliphatic rings. The molecule has 1 radical (unpaired) electrons. The van der Waals surface area contributed by atoms with Gasteiger partial charge in [0.1, 0.15) is 12.4 Å². The molecule has 1 heterocycles. The number of allylic oxidation sites excluding steroid dienone is 6. The van der Waals surface area contributed by atoms with E-state index in [9.17, 15) is 0 Å². The van der Waals surface area contributed by atoms with Crippen LogP contribution in [0.2, 0.25) is 5.02 Å². The van der Waals surface area contributed by atoms with Gasteiger partial charge in [-0.25, -0.2) is 0 Å². The van der Waals surface area contributed by atoms with Crippen molar-refractivity contribution in [2.24, 2.45) is 5.92 Å². The Morgan fingerprint density at radius 2 is 1.65 bits per heavy atom. The summed E-state index contributed by atoms with van der Waals surface area (Å²) < 4.78 is 5.84. The van der Waals surface area contributed by atoms with Gasteiger partial charge in [0.05, 0.1) is 0 Å². The number of hydrogen-bond acceptors (Lipinski definition) is 2. The molecule has 0 spiro atoms. The summed E-state index contributed by atoms with van der Waals surface area (Å²) in [5, 5.41) is 0.750. The van der Waals surface area contributed by atoms with Crippen molar-refractivity contribution in [1.29, 1.82) is 0 Å². The van der Waals surface area contributed by atoms with E-state index in [2.05, 4.69) is 102 Å². The number of ether oxygens (including phenoxy) is 1. The van der Waals surface area contributed by atoms with Crippen LogP contribution in [-0.2, 0) is 0 Å². The van der Waals surface area contributed by atoms with Gasteiger partial charge in [0.2, 0.25) is 0 Å². The van der Waals surface area contributed by atoms with E-state index in [4.69, 9.17) is 23.8 Å². The summed E-state index contributed by atoms with van der Waals surface area (Å²) in [6.07, 6.45) is 9.86. The number of likely N-dealkylation sites (N-methyl/N-ethyl adjacent to an activating group) is 1. The number of hydrogen-bond donors (Lipinski definition) is 0. The van der Waals surface area contributed by atoms with Gasteiger partial charge in [-0.05, 0) is 58.3 Å². The molecule has 2 aromatic rings. The third-order valence-corrected chi connectivity index (χ3v) is 8.34. The van der Waals surface area contributed by atoms with E-state index in [0.717, 1.165) is 70.9 Å². The van der Waals surface area contributed by atoms with Gasteiger partial charge in [0, 0.05) is 6.04 Å². The maximum absolute atomic E-state index is 6.43. The van der Waals surface area contributed by atoms with Gasteiger partial charge in [0.25, 0.3) is 0 Å². The van der Waals surface area contributed by atoms with Crippen LogP contribution in [0.3, 0.4) is 0 Å². The monoisotopic (exact) mass is 644 g/mol. The summed E-state index contributed by atoms with van der Waals surface area (Å²) in [5.74, 6) is 1.34. The minimum atomic E-state index is 0.347. The predicted molar refractivity (Wildman–Crippen MR) is 211 cm³/mol. The Labute approximate surface area is 290 Å². The van der Waals surface area contributed by atoms with Crippen molar-refractivity contribution in [1.82, 2.24) is 4.90 Å². The molecule has 1 unspecified atom stereocenters. The summed E-state index contributed by atoms with van der Waals surface area (Å²) in [7, 11) is 6.38. The van der Waals surface area contributed by atoms with Gasteiger partial charge in [0.15, 0.2) is 0 Å². The number of likely N-dealkylation sites (tertiary alicyclic amines) is 1. The van der Waals surface area contributed by atoms with Crippen molar-refractivity contribution in [3.63, 3.8) is 0 Å². The molecule has 2 aromatic carbocycles. The Hall–Kier alpha value is -2.62. The number of benzene rings is 2. The van der Waals surface area contributed by atoms with Gasteiger partial charge >= 0.3 is 134 Å². The van der Waals surface area contributed by atoms with Crippen LogP contribution in [0.15, 0.2) is 84.5 Å². The molecule has 4 heteroatoms. The average molecular weight is 645 g/mol. The standard InChI is InChI=1S/C19H21BCl.C14H21NO.C5H10.2C2H6/c1-5-7-15-11-16(17(20)10-13(3)14(15)4)19-12(2)8-6-9-18(19)21;1-3-15-10-4-5-13(15)11-16-14-8-6-12(2)7-9-14;1-4-5(2)3;2*1-2/h6-9,11,13H,4-5,10H2,1-3H3;6-9,13H,3-5,10-11H2,1-2H3;2,4H2,1,3H3;2*1-2H3/b15-7-;;;;/t;13-;;;/m.1.../s1. The van der Waals surface area contributed by atoms with Crippen molar-refractivity contribution >= 4 is 30.1 Å². The number of rotatable bonds is 7. The Balaban J connectivity index is 0.000000715. The first kappa shape index (κ1) is 43.4. The fourth-order valence-corrected chi connectivity index (χ4v) is 5.45. The molecule has 0 N–H and O–H groups in total. The Morgan fingerprint density at radius 3 is 2.17 bits per heavy atom. The number of nitrogens with zero attached hydrogens (tertiary/aromatic N) is 1. The summed E-state index contributed by atoms with van der Waals surface area (Å²) >= 11 is 6.43. The number of aryl methyl sites for hydroxylation is 2. The van der Waals surface area contributed by atoms with E-state index in [1.54, 1.807) is 0 Å². The fraction of sp³-hybridized carbons (Fsp3) is 0.500. The predicted octanol–water partition coefficient (Wildman–Crippen LogP) is 12.2. The molecular formula is C42H64BClNO. The van der Waals surface area contributed by atoms with E-state index in [1.165, 1.54) is 36.1 Å². The third kappa shape index (κ3) is 14.9. The molecule has 0 saturated carbocycles. The average Bonchev–Trinajstić information content (AvgIpc) is 3.49. The summed E-state index contributed by atoms with van der Waals surface area (Å²) in [6.45, 7) is 34.0. The summed E-state index contributed by atoms with van der Waals surface area (Å²) in [6, 6.07) is 14.9.